The van der Waals surface area contributed by atoms with Crippen molar-refractivity contribution in [1.29, 1.82) is 0 Å². The molecule has 1 aromatic carbocycles. The van der Waals surface area contributed by atoms with Crippen LogP contribution < -0.4 is 5.32 Å². The van der Waals surface area contributed by atoms with Crippen molar-refractivity contribution < 1.29 is 22.4 Å². The van der Waals surface area contributed by atoms with E-state index in [2.05, 4.69) is 10.3 Å². The third kappa shape index (κ3) is 4.06. The summed E-state index contributed by atoms with van der Waals surface area (Å²) in [4.78, 5) is 16.2. The van der Waals surface area contributed by atoms with Crippen molar-refractivity contribution in [2.75, 3.05) is 0 Å². The maximum atomic E-state index is 12.5. The summed E-state index contributed by atoms with van der Waals surface area (Å²) in [5, 5.41) is 2.66. The third-order valence-corrected chi connectivity index (χ3v) is 3.53. The molecule has 0 radical (unpaired) electrons. The number of nitrogens with one attached hydrogen (secondary N) is 1. The van der Waals surface area contributed by atoms with E-state index in [4.69, 9.17) is 4.42 Å². The van der Waals surface area contributed by atoms with E-state index < -0.39 is 17.6 Å². The first-order chi connectivity index (χ1) is 11.9. The second kappa shape index (κ2) is 6.80. The van der Waals surface area contributed by atoms with Crippen LogP contribution in [0.2, 0.25) is 0 Å². The zero-order chi connectivity index (χ0) is 17.9. The molecule has 1 amide bonds. The molecule has 0 bridgehead atoms. The Kier molecular flexibility index (Phi) is 4.56. The minimum atomic E-state index is -4.42. The Hall–Kier alpha value is -3.09. The van der Waals surface area contributed by atoms with Crippen molar-refractivity contribution in [2.24, 2.45) is 0 Å². The molecule has 0 aliphatic carbocycles. The number of benzene rings is 1. The monoisotopic (exact) mass is 346 g/mol. The molecule has 7 heteroatoms. The molecule has 0 unspecified atom stereocenters. The molecule has 128 valence electrons. The van der Waals surface area contributed by atoms with Gasteiger partial charge in [-0.15, -0.1) is 0 Å². The van der Waals surface area contributed by atoms with Gasteiger partial charge in [0.1, 0.15) is 5.76 Å². The molecular formula is C18H13F3N2O2. The van der Waals surface area contributed by atoms with Gasteiger partial charge in [-0.2, -0.15) is 13.2 Å². The van der Waals surface area contributed by atoms with E-state index in [-0.39, 0.29) is 12.1 Å². The molecule has 0 saturated carbocycles. The van der Waals surface area contributed by atoms with Crippen LogP contribution in [-0.2, 0) is 12.7 Å². The Morgan fingerprint density at radius 1 is 1.12 bits per heavy atom. The van der Waals surface area contributed by atoms with E-state index in [1.807, 2.05) is 6.07 Å². The van der Waals surface area contributed by atoms with Gasteiger partial charge in [-0.25, -0.2) is 0 Å². The summed E-state index contributed by atoms with van der Waals surface area (Å²) < 4.78 is 42.9. The van der Waals surface area contributed by atoms with Gasteiger partial charge >= 0.3 is 6.18 Å². The SMILES string of the molecule is O=C(NCc1cncc(-c2ccco2)c1)c1ccc(C(F)(F)F)cc1. The van der Waals surface area contributed by atoms with Gasteiger partial charge < -0.3 is 9.73 Å². The van der Waals surface area contributed by atoms with E-state index in [0.29, 0.717) is 5.76 Å². The fraction of sp³-hybridized carbons (Fsp3) is 0.111. The van der Waals surface area contributed by atoms with Crippen LogP contribution in [0.5, 0.6) is 0 Å². The van der Waals surface area contributed by atoms with Crippen LogP contribution >= 0.6 is 0 Å². The second-order valence-electron chi connectivity index (χ2n) is 5.32. The van der Waals surface area contributed by atoms with Gasteiger partial charge in [-0.1, -0.05) is 0 Å². The number of hydrogen-bond acceptors (Lipinski definition) is 3. The summed E-state index contributed by atoms with van der Waals surface area (Å²) in [7, 11) is 0. The van der Waals surface area contributed by atoms with Gasteiger partial charge in [0.15, 0.2) is 0 Å². The van der Waals surface area contributed by atoms with E-state index in [0.717, 1.165) is 35.4 Å². The summed E-state index contributed by atoms with van der Waals surface area (Å²) in [5.74, 6) is 0.195. The third-order valence-electron chi connectivity index (χ3n) is 3.53. The molecule has 3 aromatic rings. The first-order valence-electron chi connectivity index (χ1n) is 7.37. The summed E-state index contributed by atoms with van der Waals surface area (Å²) in [6.07, 6.45) is 0.362. The van der Waals surface area contributed by atoms with Crippen LogP contribution in [0.1, 0.15) is 21.5 Å². The van der Waals surface area contributed by atoms with Gasteiger partial charge in [-0.3, -0.25) is 9.78 Å². The number of alkyl halides is 3. The van der Waals surface area contributed by atoms with Gasteiger partial charge in [0.25, 0.3) is 5.91 Å². The second-order valence-corrected chi connectivity index (χ2v) is 5.32. The highest BCUT2D eigenvalue weighted by molar-refractivity contribution is 5.94. The number of carbonyl (C=O) groups is 1. The van der Waals surface area contributed by atoms with E-state index in [9.17, 15) is 18.0 Å². The zero-order valence-corrected chi connectivity index (χ0v) is 12.9. The summed E-state index contributed by atoms with van der Waals surface area (Å²) >= 11 is 0. The van der Waals surface area contributed by atoms with Crippen molar-refractivity contribution >= 4 is 5.91 Å². The number of halogens is 3. The molecular weight excluding hydrogens is 333 g/mol. The Morgan fingerprint density at radius 3 is 2.52 bits per heavy atom. The van der Waals surface area contributed by atoms with Crippen molar-refractivity contribution in [2.45, 2.75) is 12.7 Å². The number of hydrogen-bond donors (Lipinski definition) is 1. The van der Waals surface area contributed by atoms with Gasteiger partial charge in [-0.05, 0) is 48.0 Å². The van der Waals surface area contributed by atoms with Crippen LogP contribution in [0.4, 0.5) is 13.2 Å². The first kappa shape index (κ1) is 16.8. The molecule has 0 saturated heterocycles. The topological polar surface area (TPSA) is 55.1 Å². The van der Waals surface area contributed by atoms with Crippen molar-refractivity contribution in [3.8, 4) is 11.3 Å². The summed E-state index contributed by atoms with van der Waals surface area (Å²) in [6, 6.07) is 9.43. The molecule has 3 rings (SSSR count). The number of pyridine rings is 1. The number of amides is 1. The van der Waals surface area contributed by atoms with Crippen LogP contribution in [-0.4, -0.2) is 10.9 Å². The van der Waals surface area contributed by atoms with Crippen molar-refractivity contribution in [1.82, 2.24) is 10.3 Å². The van der Waals surface area contributed by atoms with Crippen molar-refractivity contribution in [3.05, 3.63) is 77.8 Å². The van der Waals surface area contributed by atoms with Gasteiger partial charge in [0, 0.05) is 30.1 Å². The molecule has 1 N–H and O–H groups in total. The standard InChI is InChI=1S/C18H13F3N2O2/c19-18(20,21)15-5-3-13(4-6-15)17(24)23-10-12-8-14(11-22-9-12)16-2-1-7-25-16/h1-9,11H,10H2,(H,23,24). The van der Waals surface area contributed by atoms with E-state index in [1.54, 1.807) is 30.8 Å². The van der Waals surface area contributed by atoms with Crippen LogP contribution in [0.3, 0.4) is 0 Å². The van der Waals surface area contributed by atoms with Gasteiger partial charge in [0.05, 0.1) is 11.8 Å². The predicted molar refractivity (Wildman–Crippen MR) is 84.6 cm³/mol. The zero-order valence-electron chi connectivity index (χ0n) is 12.9. The lowest BCUT2D eigenvalue weighted by atomic mass is 10.1. The Bertz CT molecular complexity index is 857. The normalized spacial score (nSPS) is 11.3. The average Bonchev–Trinajstić information content (AvgIpc) is 3.14. The summed E-state index contributed by atoms with van der Waals surface area (Å²) in [5.41, 5.74) is 0.878. The highest BCUT2D eigenvalue weighted by Crippen LogP contribution is 2.29. The molecule has 4 nitrogen and oxygen atoms in total. The molecule has 0 atom stereocenters. The van der Waals surface area contributed by atoms with E-state index in [1.165, 1.54) is 0 Å². The maximum absolute atomic E-state index is 12.5. The highest BCUT2D eigenvalue weighted by atomic mass is 19.4. The average molecular weight is 346 g/mol. The minimum Gasteiger partial charge on any atom is -0.464 e. The highest BCUT2D eigenvalue weighted by Gasteiger charge is 2.30. The number of carbonyl (C=O) groups excluding carboxylic acids is 1. The van der Waals surface area contributed by atoms with Crippen molar-refractivity contribution in [3.63, 3.8) is 0 Å². The van der Waals surface area contributed by atoms with Crippen LogP contribution in [0, 0.1) is 0 Å². The lowest BCUT2D eigenvalue weighted by Gasteiger charge is -2.09. The van der Waals surface area contributed by atoms with E-state index >= 15 is 0 Å². The summed E-state index contributed by atoms with van der Waals surface area (Å²) in [6.45, 7) is 0.196. The molecule has 2 heterocycles. The molecule has 0 aliphatic heterocycles. The maximum Gasteiger partial charge on any atom is 0.416 e. The Morgan fingerprint density at radius 2 is 1.88 bits per heavy atom. The number of nitrogens with zero attached hydrogens (tertiary/aromatic N) is 1. The Labute approximate surface area is 141 Å². The fourth-order valence-electron chi connectivity index (χ4n) is 2.26. The fourth-order valence-corrected chi connectivity index (χ4v) is 2.26. The molecule has 2 aromatic heterocycles. The van der Waals surface area contributed by atoms with Crippen LogP contribution in [0.15, 0.2) is 65.5 Å². The number of furan rings is 1. The quantitative estimate of drug-likeness (QED) is 0.767. The predicted octanol–water partition coefficient (Wildman–Crippen LogP) is 4.29. The van der Waals surface area contributed by atoms with Crippen LogP contribution in [0.25, 0.3) is 11.3 Å². The molecule has 0 fully saturated rings. The lowest BCUT2D eigenvalue weighted by molar-refractivity contribution is -0.137. The lowest BCUT2D eigenvalue weighted by Crippen LogP contribution is -2.23. The largest absolute Gasteiger partial charge is 0.464 e. The molecule has 0 spiro atoms. The molecule has 25 heavy (non-hydrogen) atoms. The number of rotatable bonds is 4. The molecule has 0 aliphatic rings. The number of aromatic nitrogens is 1. The van der Waals surface area contributed by atoms with Gasteiger partial charge in [0.2, 0.25) is 0 Å². The minimum absolute atomic E-state index is 0.156. The smallest absolute Gasteiger partial charge is 0.416 e. The first-order valence-corrected chi connectivity index (χ1v) is 7.37. The Balaban J connectivity index is 1.65.